The molecular formula is C15H12F3NO3. The van der Waals surface area contributed by atoms with Crippen LogP contribution in [0.4, 0.5) is 13.2 Å². The summed E-state index contributed by atoms with van der Waals surface area (Å²) in [7, 11) is 0. The van der Waals surface area contributed by atoms with Gasteiger partial charge in [0.1, 0.15) is 11.7 Å². The monoisotopic (exact) mass is 311 g/mol. The van der Waals surface area contributed by atoms with E-state index in [0.29, 0.717) is 6.07 Å². The van der Waals surface area contributed by atoms with Crippen LogP contribution in [-0.2, 0) is 11.3 Å². The number of aryl methyl sites for hydroxylation is 1. The van der Waals surface area contributed by atoms with E-state index >= 15 is 0 Å². The summed E-state index contributed by atoms with van der Waals surface area (Å²) in [5.74, 6) is -5.40. The van der Waals surface area contributed by atoms with Gasteiger partial charge in [0.2, 0.25) is 5.43 Å². The zero-order valence-electron chi connectivity index (χ0n) is 11.7. The first kappa shape index (κ1) is 14.6. The molecule has 1 aromatic heterocycles. The summed E-state index contributed by atoms with van der Waals surface area (Å²) in [6.45, 7) is 1.79. The smallest absolute Gasteiger partial charge is 0.343 e. The quantitative estimate of drug-likeness (QED) is 0.647. The topological polar surface area (TPSA) is 48.3 Å². The molecular weight excluding hydrogens is 299 g/mol. The Kier molecular flexibility index (Phi) is 3.42. The number of halogens is 3. The Morgan fingerprint density at radius 3 is 2.59 bits per heavy atom. The number of pyridine rings is 1. The van der Waals surface area contributed by atoms with E-state index < -0.39 is 28.8 Å². The molecule has 0 spiro atoms. The molecule has 0 amide bonds. The fourth-order valence-corrected chi connectivity index (χ4v) is 2.26. The molecule has 1 fully saturated rings. The van der Waals surface area contributed by atoms with Crippen LogP contribution < -0.4 is 5.43 Å². The molecule has 0 aliphatic heterocycles. The van der Waals surface area contributed by atoms with Crippen LogP contribution in [0.5, 0.6) is 0 Å². The summed E-state index contributed by atoms with van der Waals surface area (Å²) in [6.07, 6.45) is 2.38. The van der Waals surface area contributed by atoms with Crippen molar-refractivity contribution in [3.8, 4) is 0 Å². The van der Waals surface area contributed by atoms with Gasteiger partial charge in [-0.1, -0.05) is 0 Å². The Hall–Kier alpha value is -2.31. The van der Waals surface area contributed by atoms with Gasteiger partial charge in [-0.2, -0.15) is 0 Å². The van der Waals surface area contributed by atoms with Crippen molar-refractivity contribution in [2.24, 2.45) is 0 Å². The van der Waals surface area contributed by atoms with Gasteiger partial charge in [0.25, 0.3) is 0 Å². The van der Waals surface area contributed by atoms with Crippen LogP contribution in [0.15, 0.2) is 17.1 Å². The van der Waals surface area contributed by atoms with Crippen LogP contribution in [-0.4, -0.2) is 16.6 Å². The highest BCUT2D eigenvalue weighted by Crippen LogP contribution is 2.25. The largest absolute Gasteiger partial charge is 0.459 e. The first-order valence-electron chi connectivity index (χ1n) is 6.85. The zero-order chi connectivity index (χ0) is 16.0. The van der Waals surface area contributed by atoms with Crippen LogP contribution >= 0.6 is 0 Å². The van der Waals surface area contributed by atoms with Crippen molar-refractivity contribution in [1.82, 2.24) is 4.57 Å². The third-order valence-electron chi connectivity index (χ3n) is 3.56. The fraction of sp³-hybridized carbons (Fsp3) is 0.333. The lowest BCUT2D eigenvalue weighted by atomic mass is 10.1. The third kappa shape index (κ3) is 2.26. The van der Waals surface area contributed by atoms with Crippen LogP contribution in [0.3, 0.4) is 0 Å². The first-order valence-corrected chi connectivity index (χ1v) is 6.85. The average molecular weight is 311 g/mol. The first-order chi connectivity index (χ1) is 10.4. The van der Waals surface area contributed by atoms with Gasteiger partial charge in [-0.05, 0) is 25.8 Å². The molecule has 1 aliphatic rings. The molecule has 0 unspecified atom stereocenters. The Labute approximate surface area is 123 Å². The Balaban J connectivity index is 2.28. The number of esters is 1. The van der Waals surface area contributed by atoms with E-state index in [4.69, 9.17) is 4.74 Å². The van der Waals surface area contributed by atoms with Crippen molar-refractivity contribution in [3.05, 3.63) is 45.5 Å². The number of aromatic nitrogens is 1. The Morgan fingerprint density at radius 1 is 1.32 bits per heavy atom. The minimum absolute atomic E-state index is 0.169. The van der Waals surface area contributed by atoms with E-state index in [-0.39, 0.29) is 29.1 Å². The van der Waals surface area contributed by atoms with E-state index in [1.807, 2.05) is 0 Å². The number of ether oxygens (including phenoxy) is 1. The van der Waals surface area contributed by atoms with Gasteiger partial charge in [0, 0.05) is 12.7 Å². The normalized spacial score (nSPS) is 14.4. The van der Waals surface area contributed by atoms with E-state index in [9.17, 15) is 22.8 Å². The summed E-state index contributed by atoms with van der Waals surface area (Å²) < 4.78 is 47.0. The number of hydrogen-bond donors (Lipinski definition) is 0. The molecule has 1 saturated carbocycles. The summed E-state index contributed by atoms with van der Waals surface area (Å²) in [5, 5.41) is -0.386. The summed E-state index contributed by atoms with van der Waals surface area (Å²) in [4.78, 5) is 24.3. The lowest BCUT2D eigenvalue weighted by Crippen LogP contribution is -2.22. The van der Waals surface area contributed by atoms with E-state index in [1.165, 1.54) is 4.57 Å². The number of nitrogens with zero attached hydrogens (tertiary/aromatic N) is 1. The minimum atomic E-state index is -1.65. The van der Waals surface area contributed by atoms with Crippen molar-refractivity contribution >= 4 is 16.9 Å². The predicted molar refractivity (Wildman–Crippen MR) is 72.2 cm³/mol. The van der Waals surface area contributed by atoms with Gasteiger partial charge < -0.3 is 9.30 Å². The van der Waals surface area contributed by atoms with Gasteiger partial charge in [-0.3, -0.25) is 4.79 Å². The molecule has 0 radical (unpaired) electrons. The van der Waals surface area contributed by atoms with Gasteiger partial charge in [0.15, 0.2) is 17.5 Å². The molecule has 7 heteroatoms. The van der Waals surface area contributed by atoms with Crippen LogP contribution in [0.25, 0.3) is 10.9 Å². The minimum Gasteiger partial charge on any atom is -0.459 e. The summed E-state index contributed by atoms with van der Waals surface area (Å²) >= 11 is 0. The third-order valence-corrected chi connectivity index (χ3v) is 3.56. The lowest BCUT2D eigenvalue weighted by molar-refractivity contribution is 0.0470. The van der Waals surface area contributed by atoms with Crippen molar-refractivity contribution in [2.75, 3.05) is 0 Å². The number of fused-ring (bicyclic) bond motifs is 1. The average Bonchev–Trinajstić information content (AvgIpc) is 3.29. The second-order valence-corrected chi connectivity index (χ2v) is 5.15. The van der Waals surface area contributed by atoms with Crippen LogP contribution in [0.1, 0.15) is 30.1 Å². The molecule has 0 atom stereocenters. The molecule has 0 saturated heterocycles. The second-order valence-electron chi connectivity index (χ2n) is 5.15. The van der Waals surface area contributed by atoms with Gasteiger partial charge in [-0.15, -0.1) is 0 Å². The summed E-state index contributed by atoms with van der Waals surface area (Å²) in [5.41, 5.74) is -1.55. The Morgan fingerprint density at radius 2 is 2.00 bits per heavy atom. The van der Waals surface area contributed by atoms with Gasteiger partial charge >= 0.3 is 5.97 Å². The molecule has 2 aromatic rings. The maximum absolute atomic E-state index is 13.9. The molecule has 116 valence electrons. The lowest BCUT2D eigenvalue weighted by Gasteiger charge is -2.12. The maximum Gasteiger partial charge on any atom is 0.343 e. The number of carbonyl (C=O) groups is 1. The molecule has 3 rings (SSSR count). The number of hydrogen-bond acceptors (Lipinski definition) is 3. The van der Waals surface area contributed by atoms with Crippen molar-refractivity contribution < 1.29 is 22.7 Å². The standard InChI is InChI=1S/C15H12F3NO3/c1-2-19-6-9(15(21)22-7-3-4-7)14(20)8-5-10(16)11(17)12(18)13(8)19/h5-7H,2-4H2,1H3. The van der Waals surface area contributed by atoms with Gasteiger partial charge in [0.05, 0.1) is 10.9 Å². The fourth-order valence-electron chi connectivity index (χ4n) is 2.26. The molecule has 1 heterocycles. The number of carbonyl (C=O) groups excluding carboxylic acids is 1. The number of rotatable bonds is 3. The highest BCUT2D eigenvalue weighted by molar-refractivity contribution is 5.94. The van der Waals surface area contributed by atoms with E-state index in [0.717, 1.165) is 19.0 Å². The maximum atomic E-state index is 13.9. The van der Waals surface area contributed by atoms with Crippen molar-refractivity contribution in [3.63, 3.8) is 0 Å². The molecule has 0 bridgehead atoms. The summed E-state index contributed by atoms with van der Waals surface area (Å²) in [6, 6.07) is 0.607. The highest BCUT2D eigenvalue weighted by atomic mass is 19.2. The number of benzene rings is 1. The molecule has 1 aliphatic carbocycles. The molecule has 22 heavy (non-hydrogen) atoms. The zero-order valence-corrected chi connectivity index (χ0v) is 11.7. The van der Waals surface area contributed by atoms with Crippen molar-refractivity contribution in [2.45, 2.75) is 32.4 Å². The molecule has 0 N–H and O–H groups in total. The van der Waals surface area contributed by atoms with Crippen molar-refractivity contribution in [1.29, 1.82) is 0 Å². The van der Waals surface area contributed by atoms with Gasteiger partial charge in [-0.25, -0.2) is 18.0 Å². The van der Waals surface area contributed by atoms with E-state index in [2.05, 4.69) is 0 Å². The molecule has 4 nitrogen and oxygen atoms in total. The SMILES string of the molecule is CCn1cc(C(=O)OC2CC2)c(=O)c2cc(F)c(F)c(F)c21. The predicted octanol–water partition coefficient (Wildman–Crippen LogP) is 2.76. The second kappa shape index (κ2) is 5.15. The Bertz CT molecular complexity index is 840. The molecule has 1 aromatic carbocycles. The van der Waals surface area contributed by atoms with Crippen LogP contribution in [0, 0.1) is 17.5 Å². The van der Waals surface area contributed by atoms with E-state index in [1.54, 1.807) is 6.92 Å². The van der Waals surface area contributed by atoms with Crippen LogP contribution in [0.2, 0.25) is 0 Å². The highest BCUT2D eigenvalue weighted by Gasteiger charge is 2.29.